The summed E-state index contributed by atoms with van der Waals surface area (Å²) in [7, 11) is 0. The lowest BCUT2D eigenvalue weighted by atomic mass is 10.1. The van der Waals surface area contributed by atoms with E-state index in [9.17, 15) is 10.1 Å². The maximum Gasteiger partial charge on any atom is 0.274 e. The van der Waals surface area contributed by atoms with Gasteiger partial charge in [-0.15, -0.1) is 0 Å². The maximum atomic E-state index is 10.6. The second-order valence-electron chi connectivity index (χ2n) is 4.07. The first-order valence-electron chi connectivity index (χ1n) is 5.58. The summed E-state index contributed by atoms with van der Waals surface area (Å²) >= 11 is 5.74. The molecule has 6 nitrogen and oxygen atoms in total. The van der Waals surface area contributed by atoms with Crippen LogP contribution in [0.5, 0.6) is 0 Å². The van der Waals surface area contributed by atoms with E-state index in [1.165, 1.54) is 0 Å². The van der Waals surface area contributed by atoms with Crippen molar-refractivity contribution in [3.8, 4) is 0 Å². The van der Waals surface area contributed by atoms with Gasteiger partial charge in [0.2, 0.25) is 0 Å². The smallest absolute Gasteiger partial charge is 0.274 e. The van der Waals surface area contributed by atoms with Gasteiger partial charge in [-0.3, -0.25) is 10.1 Å². The van der Waals surface area contributed by atoms with Gasteiger partial charge in [0.05, 0.1) is 16.8 Å². The number of aromatic nitrogens is 1. The zero-order valence-corrected chi connectivity index (χ0v) is 10.6. The van der Waals surface area contributed by atoms with E-state index in [1.54, 1.807) is 18.3 Å². The van der Waals surface area contributed by atoms with Gasteiger partial charge in [0.25, 0.3) is 6.20 Å². The Morgan fingerprint density at radius 2 is 2.44 bits per heavy atom. The molecule has 1 aromatic heterocycles. The standard InChI is InChI=1S/C11H13ClN4O2/c1-8-4-5-13-11(7-15(17)18)16(8)9-2-3-10(12)14-6-9/h2-3,6-8,13H,4-5H2,1H3. The van der Waals surface area contributed by atoms with E-state index in [1.807, 2.05) is 11.8 Å². The highest BCUT2D eigenvalue weighted by atomic mass is 35.5. The molecule has 1 fully saturated rings. The Labute approximate surface area is 109 Å². The van der Waals surface area contributed by atoms with Crippen molar-refractivity contribution in [2.24, 2.45) is 0 Å². The number of hydrogen-bond donors (Lipinski definition) is 1. The van der Waals surface area contributed by atoms with Crippen LogP contribution in [0.1, 0.15) is 13.3 Å². The second-order valence-corrected chi connectivity index (χ2v) is 4.46. The van der Waals surface area contributed by atoms with E-state index in [2.05, 4.69) is 10.3 Å². The first-order chi connectivity index (χ1) is 8.58. The molecule has 18 heavy (non-hydrogen) atoms. The molecule has 2 heterocycles. The van der Waals surface area contributed by atoms with Gasteiger partial charge in [-0.2, -0.15) is 0 Å². The maximum absolute atomic E-state index is 10.6. The lowest BCUT2D eigenvalue weighted by Gasteiger charge is -2.36. The third-order valence-corrected chi connectivity index (χ3v) is 3.01. The molecule has 1 aliphatic heterocycles. The summed E-state index contributed by atoms with van der Waals surface area (Å²) < 4.78 is 0. The Bertz CT molecular complexity index is 474. The Hall–Kier alpha value is -1.82. The number of halogens is 1. The summed E-state index contributed by atoms with van der Waals surface area (Å²) in [6.07, 6.45) is 3.49. The van der Waals surface area contributed by atoms with Crippen LogP contribution in [0.15, 0.2) is 30.4 Å². The Balaban J connectivity index is 2.35. The molecule has 0 radical (unpaired) electrons. The quantitative estimate of drug-likeness (QED) is 0.505. The second kappa shape index (κ2) is 5.22. The lowest BCUT2D eigenvalue weighted by molar-refractivity contribution is -0.403. The molecule has 1 N–H and O–H groups in total. The monoisotopic (exact) mass is 268 g/mol. The van der Waals surface area contributed by atoms with Crippen molar-refractivity contribution in [3.63, 3.8) is 0 Å². The third kappa shape index (κ3) is 2.70. The third-order valence-electron chi connectivity index (χ3n) is 2.79. The fourth-order valence-electron chi connectivity index (χ4n) is 1.97. The van der Waals surface area contributed by atoms with Crippen molar-refractivity contribution >= 4 is 17.3 Å². The van der Waals surface area contributed by atoms with Crippen LogP contribution in [0.3, 0.4) is 0 Å². The summed E-state index contributed by atoms with van der Waals surface area (Å²) in [4.78, 5) is 16.0. The van der Waals surface area contributed by atoms with E-state index >= 15 is 0 Å². The summed E-state index contributed by atoms with van der Waals surface area (Å²) in [6, 6.07) is 3.63. The molecule has 0 spiro atoms. The lowest BCUT2D eigenvalue weighted by Crippen LogP contribution is -2.45. The predicted molar refractivity (Wildman–Crippen MR) is 68.9 cm³/mol. The van der Waals surface area contributed by atoms with Crippen LogP contribution in [0.2, 0.25) is 5.15 Å². The van der Waals surface area contributed by atoms with Gasteiger partial charge < -0.3 is 10.2 Å². The molecule has 96 valence electrons. The number of nitrogens with one attached hydrogen (secondary N) is 1. The van der Waals surface area contributed by atoms with Crippen LogP contribution in [0, 0.1) is 10.1 Å². The van der Waals surface area contributed by atoms with E-state index in [0.717, 1.165) is 24.9 Å². The average Bonchev–Trinajstić information content (AvgIpc) is 2.30. The summed E-state index contributed by atoms with van der Waals surface area (Å²) in [5.74, 6) is 0.475. The molecule has 7 heteroatoms. The van der Waals surface area contributed by atoms with Gasteiger partial charge in [-0.25, -0.2) is 4.98 Å². The molecule has 1 aromatic rings. The molecule has 0 aliphatic carbocycles. The largest absolute Gasteiger partial charge is 0.366 e. The molecule has 1 atom stereocenters. The van der Waals surface area contributed by atoms with E-state index in [-0.39, 0.29) is 6.04 Å². The highest BCUT2D eigenvalue weighted by Crippen LogP contribution is 2.25. The van der Waals surface area contributed by atoms with Gasteiger partial charge in [0, 0.05) is 12.6 Å². The van der Waals surface area contributed by atoms with Gasteiger partial charge in [0.15, 0.2) is 5.82 Å². The molecular weight excluding hydrogens is 256 g/mol. The SMILES string of the molecule is CC1CCNC(=C[N+](=O)[O-])N1c1ccc(Cl)nc1. The highest BCUT2D eigenvalue weighted by molar-refractivity contribution is 6.29. The minimum absolute atomic E-state index is 0.167. The Morgan fingerprint density at radius 3 is 3.06 bits per heavy atom. The fourth-order valence-corrected chi connectivity index (χ4v) is 2.08. The van der Waals surface area contributed by atoms with Crippen molar-refractivity contribution < 1.29 is 4.92 Å². The van der Waals surface area contributed by atoms with Crippen molar-refractivity contribution in [3.05, 3.63) is 45.6 Å². The average molecular weight is 269 g/mol. The molecule has 0 saturated carbocycles. The summed E-state index contributed by atoms with van der Waals surface area (Å²) in [5.41, 5.74) is 0.784. The van der Waals surface area contributed by atoms with E-state index < -0.39 is 4.92 Å². The molecule has 0 amide bonds. The van der Waals surface area contributed by atoms with Crippen LogP contribution in [0.25, 0.3) is 0 Å². The molecule has 1 saturated heterocycles. The number of rotatable bonds is 2. The van der Waals surface area contributed by atoms with Gasteiger partial charge >= 0.3 is 0 Å². The molecule has 0 aromatic carbocycles. The summed E-state index contributed by atoms with van der Waals surface area (Å²) in [6.45, 7) is 2.74. The molecule has 2 rings (SSSR count). The first-order valence-corrected chi connectivity index (χ1v) is 5.95. The van der Waals surface area contributed by atoms with Gasteiger partial charge in [0.1, 0.15) is 5.15 Å². The zero-order valence-electron chi connectivity index (χ0n) is 9.84. The molecule has 0 bridgehead atoms. The normalized spacial score (nSPS) is 21.8. The first kappa shape index (κ1) is 12.6. The van der Waals surface area contributed by atoms with Gasteiger partial charge in [-0.05, 0) is 25.5 Å². The van der Waals surface area contributed by atoms with Crippen LogP contribution < -0.4 is 10.2 Å². The highest BCUT2D eigenvalue weighted by Gasteiger charge is 2.25. The van der Waals surface area contributed by atoms with Crippen molar-refractivity contribution in [2.75, 3.05) is 11.4 Å². The number of nitro groups is 1. The van der Waals surface area contributed by atoms with Crippen molar-refractivity contribution in [1.82, 2.24) is 10.3 Å². The molecule has 1 aliphatic rings. The topological polar surface area (TPSA) is 71.3 Å². The fraction of sp³-hybridized carbons (Fsp3) is 0.364. The Kier molecular flexibility index (Phi) is 3.66. The number of anilines is 1. The predicted octanol–water partition coefficient (Wildman–Crippen LogP) is 2.00. The van der Waals surface area contributed by atoms with E-state index in [0.29, 0.717) is 11.0 Å². The molecule has 1 unspecified atom stereocenters. The van der Waals surface area contributed by atoms with Crippen molar-refractivity contribution in [1.29, 1.82) is 0 Å². The zero-order chi connectivity index (χ0) is 13.1. The van der Waals surface area contributed by atoms with Crippen LogP contribution in [-0.2, 0) is 0 Å². The summed E-state index contributed by atoms with van der Waals surface area (Å²) in [5, 5.41) is 14.1. The minimum atomic E-state index is -0.462. The Morgan fingerprint density at radius 1 is 1.67 bits per heavy atom. The van der Waals surface area contributed by atoms with Crippen LogP contribution in [0.4, 0.5) is 5.69 Å². The molecular formula is C11H13ClN4O2. The van der Waals surface area contributed by atoms with Gasteiger partial charge in [-0.1, -0.05) is 11.6 Å². The minimum Gasteiger partial charge on any atom is -0.366 e. The van der Waals surface area contributed by atoms with Crippen LogP contribution in [-0.4, -0.2) is 22.5 Å². The van der Waals surface area contributed by atoms with Crippen LogP contribution >= 0.6 is 11.6 Å². The number of nitrogens with zero attached hydrogens (tertiary/aromatic N) is 3. The van der Waals surface area contributed by atoms with E-state index in [4.69, 9.17) is 11.6 Å². The van der Waals surface area contributed by atoms with Crippen molar-refractivity contribution in [2.45, 2.75) is 19.4 Å². The number of hydrogen-bond acceptors (Lipinski definition) is 5. The number of pyridine rings is 1.